The quantitative estimate of drug-likeness (QED) is 0.675. The fourth-order valence-electron chi connectivity index (χ4n) is 1.67. The average molecular weight is 214 g/mol. The van der Waals surface area contributed by atoms with Crippen LogP contribution in [0.2, 0.25) is 0 Å². The summed E-state index contributed by atoms with van der Waals surface area (Å²) in [6.45, 7) is 5.79. The highest BCUT2D eigenvalue weighted by molar-refractivity contribution is 5.78. The molecule has 1 fully saturated rings. The van der Waals surface area contributed by atoms with Gasteiger partial charge in [-0.15, -0.1) is 0 Å². The second-order valence-corrected chi connectivity index (χ2v) is 4.09. The summed E-state index contributed by atoms with van der Waals surface area (Å²) in [6.07, 6.45) is 2.41. The molecule has 0 heterocycles. The maximum absolute atomic E-state index is 11.7. The van der Waals surface area contributed by atoms with Crippen molar-refractivity contribution in [2.45, 2.75) is 38.8 Å². The molecule has 0 spiro atoms. The largest absolute Gasteiger partial charge is 0.367 e. The molecule has 0 aromatic heterocycles. The molecule has 1 aliphatic carbocycles. The van der Waals surface area contributed by atoms with E-state index in [2.05, 4.69) is 5.32 Å². The van der Waals surface area contributed by atoms with Gasteiger partial charge in [0.1, 0.15) is 6.61 Å². The molecule has 0 radical (unpaired) electrons. The number of hydrogen-bond acceptors (Lipinski definition) is 3. The lowest BCUT2D eigenvalue weighted by Crippen LogP contribution is -2.37. The van der Waals surface area contributed by atoms with E-state index in [0.717, 1.165) is 25.9 Å². The zero-order valence-corrected chi connectivity index (χ0v) is 9.95. The molecule has 1 N–H and O–H groups in total. The predicted molar refractivity (Wildman–Crippen MR) is 59.7 cm³/mol. The first-order valence-electron chi connectivity index (χ1n) is 5.74. The van der Waals surface area contributed by atoms with E-state index in [0.29, 0.717) is 6.04 Å². The van der Waals surface area contributed by atoms with Crippen molar-refractivity contribution >= 4 is 5.91 Å². The van der Waals surface area contributed by atoms with E-state index in [-0.39, 0.29) is 18.6 Å². The molecule has 1 rings (SSSR count). The molecule has 0 aromatic carbocycles. The minimum Gasteiger partial charge on any atom is -0.367 e. The van der Waals surface area contributed by atoms with Gasteiger partial charge in [-0.2, -0.15) is 0 Å². The van der Waals surface area contributed by atoms with Crippen LogP contribution in [0.3, 0.4) is 0 Å². The average Bonchev–Trinajstić information content (AvgIpc) is 3.00. The van der Waals surface area contributed by atoms with Crippen molar-refractivity contribution in [3.8, 4) is 0 Å². The van der Waals surface area contributed by atoms with Gasteiger partial charge in [0.2, 0.25) is 5.91 Å². The second-order valence-electron chi connectivity index (χ2n) is 4.09. The van der Waals surface area contributed by atoms with Gasteiger partial charge >= 0.3 is 0 Å². The van der Waals surface area contributed by atoms with Crippen LogP contribution in [-0.4, -0.2) is 49.7 Å². The Morgan fingerprint density at radius 2 is 2.27 bits per heavy atom. The van der Waals surface area contributed by atoms with E-state index in [4.69, 9.17) is 4.74 Å². The molecule has 1 saturated carbocycles. The summed E-state index contributed by atoms with van der Waals surface area (Å²) in [5, 5.41) is 3.02. The summed E-state index contributed by atoms with van der Waals surface area (Å²) >= 11 is 0. The van der Waals surface area contributed by atoms with Crippen LogP contribution in [0.5, 0.6) is 0 Å². The summed E-state index contributed by atoms with van der Waals surface area (Å²) in [5.41, 5.74) is 0. The highest BCUT2D eigenvalue weighted by Gasteiger charge is 2.31. The van der Waals surface area contributed by atoms with Crippen LogP contribution < -0.4 is 5.32 Å². The van der Waals surface area contributed by atoms with E-state index in [1.54, 1.807) is 0 Å². The fraction of sp³-hybridized carbons (Fsp3) is 0.909. The third-order valence-corrected chi connectivity index (χ3v) is 2.63. The predicted octanol–water partition coefficient (Wildman–Crippen LogP) is 0.622. The maximum Gasteiger partial charge on any atom is 0.248 e. The Labute approximate surface area is 92.0 Å². The molecule has 0 aliphatic heterocycles. The highest BCUT2D eigenvalue weighted by Crippen LogP contribution is 2.26. The van der Waals surface area contributed by atoms with Crippen LogP contribution in [0.15, 0.2) is 0 Å². The van der Waals surface area contributed by atoms with Gasteiger partial charge in [-0.25, -0.2) is 0 Å². The topological polar surface area (TPSA) is 41.6 Å². The van der Waals surface area contributed by atoms with Crippen molar-refractivity contribution in [3.05, 3.63) is 0 Å². The summed E-state index contributed by atoms with van der Waals surface area (Å²) < 4.78 is 5.45. The van der Waals surface area contributed by atoms with Crippen LogP contribution >= 0.6 is 0 Å². The standard InChI is InChI=1S/C11H22N2O2/c1-4-13(10-5-6-10)11(14)8-15-9(2)7-12-3/h9-10,12H,4-8H2,1-3H3. The zero-order chi connectivity index (χ0) is 11.3. The monoisotopic (exact) mass is 214 g/mol. The highest BCUT2D eigenvalue weighted by atomic mass is 16.5. The molecule has 4 nitrogen and oxygen atoms in total. The number of carbonyl (C=O) groups excluding carboxylic acids is 1. The maximum atomic E-state index is 11.7. The van der Waals surface area contributed by atoms with Gasteiger partial charge in [-0.05, 0) is 33.7 Å². The van der Waals surface area contributed by atoms with Gasteiger partial charge in [0.15, 0.2) is 0 Å². The molecular formula is C11H22N2O2. The normalized spacial score (nSPS) is 17.5. The van der Waals surface area contributed by atoms with E-state index in [1.807, 2.05) is 25.8 Å². The van der Waals surface area contributed by atoms with Crippen LogP contribution in [0, 0.1) is 0 Å². The number of nitrogens with zero attached hydrogens (tertiary/aromatic N) is 1. The number of carbonyl (C=O) groups is 1. The van der Waals surface area contributed by atoms with Gasteiger partial charge in [0.25, 0.3) is 0 Å². The molecule has 1 unspecified atom stereocenters. The van der Waals surface area contributed by atoms with Crippen LogP contribution in [0.25, 0.3) is 0 Å². The molecule has 1 amide bonds. The summed E-state index contributed by atoms with van der Waals surface area (Å²) in [6, 6.07) is 0.491. The smallest absolute Gasteiger partial charge is 0.248 e. The van der Waals surface area contributed by atoms with Crippen LogP contribution in [0.1, 0.15) is 26.7 Å². The molecule has 1 aliphatic rings. The summed E-state index contributed by atoms with van der Waals surface area (Å²) in [4.78, 5) is 13.7. The van der Waals surface area contributed by atoms with E-state index in [9.17, 15) is 4.79 Å². The molecule has 0 saturated heterocycles. The van der Waals surface area contributed by atoms with Gasteiger partial charge in [-0.1, -0.05) is 0 Å². The van der Waals surface area contributed by atoms with Gasteiger partial charge in [-0.3, -0.25) is 4.79 Å². The van der Waals surface area contributed by atoms with Crippen molar-refractivity contribution in [2.75, 3.05) is 26.7 Å². The summed E-state index contributed by atoms with van der Waals surface area (Å²) in [7, 11) is 1.88. The zero-order valence-electron chi connectivity index (χ0n) is 9.95. The van der Waals surface area contributed by atoms with Crippen LogP contribution in [-0.2, 0) is 9.53 Å². The van der Waals surface area contributed by atoms with Gasteiger partial charge < -0.3 is 15.0 Å². The minimum absolute atomic E-state index is 0.0943. The first-order chi connectivity index (χ1) is 7.19. The Morgan fingerprint density at radius 1 is 1.60 bits per heavy atom. The molecule has 1 atom stereocenters. The number of nitrogens with one attached hydrogen (secondary N) is 1. The van der Waals surface area contributed by atoms with E-state index >= 15 is 0 Å². The second kappa shape index (κ2) is 6.08. The first-order valence-corrected chi connectivity index (χ1v) is 5.74. The lowest BCUT2D eigenvalue weighted by Gasteiger charge is -2.21. The number of ether oxygens (including phenoxy) is 1. The number of rotatable bonds is 7. The Bertz CT molecular complexity index is 205. The van der Waals surface area contributed by atoms with E-state index in [1.165, 1.54) is 0 Å². The number of amides is 1. The van der Waals surface area contributed by atoms with Crippen molar-refractivity contribution in [1.29, 1.82) is 0 Å². The minimum atomic E-state index is 0.0943. The molecule has 4 heteroatoms. The van der Waals surface area contributed by atoms with Crippen molar-refractivity contribution in [3.63, 3.8) is 0 Å². The first kappa shape index (κ1) is 12.5. The lowest BCUT2D eigenvalue weighted by atomic mass is 10.4. The number of hydrogen-bond donors (Lipinski definition) is 1. The third-order valence-electron chi connectivity index (χ3n) is 2.63. The Balaban J connectivity index is 2.21. The number of likely N-dealkylation sites (N-methyl/N-ethyl adjacent to an activating group) is 2. The van der Waals surface area contributed by atoms with Crippen LogP contribution in [0.4, 0.5) is 0 Å². The lowest BCUT2D eigenvalue weighted by molar-refractivity contribution is -0.138. The Hall–Kier alpha value is -0.610. The molecule has 88 valence electrons. The van der Waals surface area contributed by atoms with Crippen molar-refractivity contribution < 1.29 is 9.53 Å². The summed E-state index contributed by atoms with van der Waals surface area (Å²) in [5.74, 6) is 0.128. The van der Waals surface area contributed by atoms with E-state index < -0.39 is 0 Å². The molecule has 0 bridgehead atoms. The Morgan fingerprint density at radius 3 is 2.73 bits per heavy atom. The molecule has 0 aromatic rings. The third kappa shape index (κ3) is 4.18. The van der Waals surface area contributed by atoms with Crippen molar-refractivity contribution in [1.82, 2.24) is 10.2 Å². The molecular weight excluding hydrogens is 192 g/mol. The van der Waals surface area contributed by atoms with Crippen molar-refractivity contribution in [2.24, 2.45) is 0 Å². The van der Waals surface area contributed by atoms with Gasteiger partial charge in [0, 0.05) is 19.1 Å². The Kier molecular flexibility index (Phi) is 5.05. The van der Waals surface area contributed by atoms with Gasteiger partial charge in [0.05, 0.1) is 6.10 Å². The fourth-order valence-corrected chi connectivity index (χ4v) is 1.67. The SMILES string of the molecule is CCN(C(=O)COC(C)CNC)C1CC1. The molecule has 15 heavy (non-hydrogen) atoms.